The number of aliphatic hydroxyl groups is 1. The van der Waals surface area contributed by atoms with Crippen molar-refractivity contribution in [2.45, 2.75) is 75.0 Å². The largest absolute Gasteiger partial charge is 0.497 e. The summed E-state index contributed by atoms with van der Waals surface area (Å²) in [5.74, 6) is 0.101. The van der Waals surface area contributed by atoms with Gasteiger partial charge in [0.15, 0.2) is 5.60 Å². The number of amides is 2. The van der Waals surface area contributed by atoms with Crippen LogP contribution in [0.4, 0.5) is 11.4 Å². The maximum absolute atomic E-state index is 14.2. The summed E-state index contributed by atoms with van der Waals surface area (Å²) in [5.41, 5.74) is 2.61. The van der Waals surface area contributed by atoms with Crippen LogP contribution in [0.15, 0.2) is 79.0 Å². The summed E-state index contributed by atoms with van der Waals surface area (Å²) in [7, 11) is -0.662. The highest BCUT2D eigenvalue weighted by atomic mass is 28.3. The molecule has 3 aliphatic rings. The van der Waals surface area contributed by atoms with E-state index in [0.29, 0.717) is 30.0 Å². The van der Waals surface area contributed by atoms with Crippen LogP contribution in [-0.4, -0.2) is 72.4 Å². The van der Waals surface area contributed by atoms with E-state index < -0.39 is 13.7 Å². The number of anilines is 2. The van der Waals surface area contributed by atoms with Gasteiger partial charge in [0.25, 0.3) is 5.91 Å². The summed E-state index contributed by atoms with van der Waals surface area (Å²) in [4.78, 5) is 27.2. The second-order valence-electron chi connectivity index (χ2n) is 14.4. The molecule has 0 saturated carbocycles. The fourth-order valence-corrected chi connectivity index (χ4v) is 12.6. The second kappa shape index (κ2) is 13.7. The molecule has 50 heavy (non-hydrogen) atoms. The summed E-state index contributed by atoms with van der Waals surface area (Å²) in [6.07, 6.45) is 4.00. The number of carbonyl (C=O) groups excluding carboxylic acids is 2. The maximum Gasteiger partial charge on any atom is 0.261 e. The normalized spacial score (nSPS) is 25.0. The number of hydrogen-bond acceptors (Lipinski definition) is 8. The Morgan fingerprint density at radius 1 is 1.16 bits per heavy atom. The van der Waals surface area contributed by atoms with Crippen molar-refractivity contribution < 1.29 is 24.2 Å². The number of nitrogens with one attached hydrogen (secondary N) is 3. The van der Waals surface area contributed by atoms with Crippen molar-refractivity contribution in [3.63, 3.8) is 0 Å². The third-order valence-electron chi connectivity index (χ3n) is 11.2. The molecule has 0 radical (unpaired) electrons. The zero-order valence-corrected chi connectivity index (χ0v) is 30.1. The predicted octanol–water partition coefficient (Wildman–Crippen LogP) is 4.36. The lowest BCUT2D eigenvalue weighted by Crippen LogP contribution is -2.51. The average molecular weight is 695 g/mol. The number of nitrogens with zero attached hydrogens (tertiary/aromatic N) is 3. The first-order valence-corrected chi connectivity index (χ1v) is 20.6. The fourth-order valence-electron chi connectivity index (χ4n) is 8.51. The van der Waals surface area contributed by atoms with Gasteiger partial charge in [-0.05, 0) is 67.2 Å². The van der Waals surface area contributed by atoms with Gasteiger partial charge in [-0.3, -0.25) is 14.3 Å². The molecule has 3 aromatic carbocycles. The van der Waals surface area contributed by atoms with Crippen molar-refractivity contribution in [2.75, 3.05) is 30.9 Å². The second-order valence-corrected chi connectivity index (χ2v) is 19.0. The van der Waals surface area contributed by atoms with Gasteiger partial charge in [0.05, 0.1) is 45.5 Å². The molecule has 6 atom stereocenters. The number of methoxy groups -OCH3 is 1. The monoisotopic (exact) mass is 694 g/mol. The van der Waals surface area contributed by atoms with Gasteiger partial charge in [-0.25, -0.2) is 0 Å². The van der Waals surface area contributed by atoms with Gasteiger partial charge in [0, 0.05) is 35.6 Å². The van der Waals surface area contributed by atoms with Crippen LogP contribution in [0.3, 0.4) is 0 Å². The predicted molar refractivity (Wildman–Crippen MR) is 194 cm³/mol. The molecule has 0 aliphatic carbocycles. The average Bonchev–Trinajstić information content (AvgIpc) is 3.93. The Morgan fingerprint density at radius 3 is 2.64 bits per heavy atom. The zero-order chi connectivity index (χ0) is 35.0. The van der Waals surface area contributed by atoms with Gasteiger partial charge in [0.1, 0.15) is 5.75 Å². The molecule has 1 aromatic heterocycles. The van der Waals surface area contributed by atoms with E-state index >= 15 is 0 Å². The Labute approximate surface area is 293 Å². The third-order valence-corrected chi connectivity index (χ3v) is 15.5. The van der Waals surface area contributed by atoms with Gasteiger partial charge in [-0.15, -0.1) is 5.10 Å². The number of benzene rings is 3. The molecule has 1 unspecified atom stereocenters. The van der Waals surface area contributed by atoms with Crippen LogP contribution in [0.25, 0.3) is 0 Å². The summed E-state index contributed by atoms with van der Waals surface area (Å²) in [5, 5.41) is 29.8. The quantitative estimate of drug-likeness (QED) is 0.170. The smallest absolute Gasteiger partial charge is 0.261 e. The van der Waals surface area contributed by atoms with E-state index in [2.05, 4.69) is 58.4 Å². The molecule has 2 fully saturated rings. The van der Waals surface area contributed by atoms with Crippen molar-refractivity contribution in [3.8, 4) is 5.75 Å². The number of aromatic nitrogens is 3. The molecule has 11 nitrogen and oxygen atoms in total. The highest BCUT2D eigenvalue weighted by molar-refractivity contribution is 6.91. The number of hydrogen-bond donors (Lipinski definition) is 4. The van der Waals surface area contributed by atoms with Crippen molar-refractivity contribution in [1.82, 2.24) is 20.3 Å². The topological polar surface area (TPSA) is 140 Å². The fraction of sp³-hybridized carbons (Fsp3) is 0.421. The first kappa shape index (κ1) is 34.1. The van der Waals surface area contributed by atoms with Crippen LogP contribution in [0, 0.1) is 5.92 Å². The maximum atomic E-state index is 14.2. The molecule has 4 aromatic rings. The Balaban J connectivity index is 1.21. The minimum atomic E-state index is -2.33. The molecular weight excluding hydrogens is 649 g/mol. The summed E-state index contributed by atoms with van der Waals surface area (Å²) in [6.45, 7) is 8.12. The minimum Gasteiger partial charge on any atom is -0.497 e. The third kappa shape index (κ3) is 6.04. The van der Waals surface area contributed by atoms with Crippen molar-refractivity contribution in [1.29, 1.82) is 0 Å². The van der Waals surface area contributed by atoms with Crippen LogP contribution < -0.4 is 25.9 Å². The molecule has 12 heteroatoms. The molecule has 4 heterocycles. The standard InChI is InChI=1S/C38H46N6O5Si/c1-24-35(50(3,4)28-15-13-27(48-2)14-16-28)34(18-20-44-22-33(42-43-44)29(23-45)25-9-6-5-7-10-25)49-38(24)30-21-26(12-17-31(30)41-37(38)47)40-36(46)32-11-8-19-39-32/h5-7,9-10,12-17,21-22,24,29,32,34-35,39,45H,8,11,18-20,23H2,1-4H3,(H,40,46)(H,41,47)/t24-,29?,32-,34+,35-,38+/m1/s1. The SMILES string of the molecule is COc1ccc([Si](C)(C)[C@H]2[C@H](CCn3cc(C(CO)c4ccccc4)nn3)O[C@@]3(C(=O)Nc4ccc(NC(=O)[C@H]5CCCN5)cc43)[C@@H]2C)cc1. The van der Waals surface area contributed by atoms with Gasteiger partial charge in [-0.2, -0.15) is 0 Å². The lowest BCUT2D eigenvalue weighted by atomic mass is 9.82. The van der Waals surface area contributed by atoms with Crippen LogP contribution in [0.1, 0.15) is 48.9 Å². The van der Waals surface area contributed by atoms with Gasteiger partial charge < -0.3 is 30.5 Å². The first-order chi connectivity index (χ1) is 24.1. The van der Waals surface area contributed by atoms with Crippen LogP contribution in [0.5, 0.6) is 5.75 Å². The van der Waals surface area contributed by atoms with Crippen LogP contribution in [0.2, 0.25) is 18.6 Å². The number of aliphatic hydroxyl groups excluding tert-OH is 1. The molecule has 3 aliphatic heterocycles. The summed E-state index contributed by atoms with van der Waals surface area (Å²) < 4.78 is 14.4. The number of carbonyl (C=O) groups is 2. The van der Waals surface area contributed by atoms with E-state index in [-0.39, 0.29) is 47.9 Å². The summed E-state index contributed by atoms with van der Waals surface area (Å²) >= 11 is 0. The molecule has 0 bridgehead atoms. The molecule has 2 saturated heterocycles. The van der Waals surface area contributed by atoms with Crippen molar-refractivity contribution in [3.05, 3.63) is 95.8 Å². The number of ether oxygens (including phenoxy) is 2. The van der Waals surface area contributed by atoms with E-state index in [0.717, 1.165) is 36.3 Å². The van der Waals surface area contributed by atoms with Gasteiger partial charge >= 0.3 is 0 Å². The minimum absolute atomic E-state index is 0.0473. The van der Waals surface area contributed by atoms with Crippen molar-refractivity contribution >= 4 is 36.4 Å². The lowest BCUT2D eigenvalue weighted by molar-refractivity contribution is -0.143. The van der Waals surface area contributed by atoms with E-state index in [1.165, 1.54) is 5.19 Å². The highest BCUT2D eigenvalue weighted by Gasteiger charge is 2.64. The molecule has 1 spiro atoms. The Kier molecular flexibility index (Phi) is 9.37. The number of aryl methyl sites for hydroxylation is 1. The van der Waals surface area contributed by atoms with E-state index in [1.807, 2.05) is 71.5 Å². The first-order valence-electron chi connectivity index (χ1n) is 17.5. The molecule has 4 N–H and O–H groups in total. The zero-order valence-electron chi connectivity index (χ0n) is 29.1. The number of fused-ring (bicyclic) bond motifs is 2. The summed E-state index contributed by atoms with van der Waals surface area (Å²) in [6, 6.07) is 23.5. The van der Waals surface area contributed by atoms with Crippen LogP contribution in [-0.2, 0) is 26.5 Å². The van der Waals surface area contributed by atoms with Gasteiger partial charge in [0.2, 0.25) is 5.91 Å². The Hall–Kier alpha value is -4.36. The molecular formula is C38H46N6O5Si. The molecule has 2 amide bonds. The van der Waals surface area contributed by atoms with Crippen molar-refractivity contribution in [2.24, 2.45) is 5.92 Å². The Morgan fingerprint density at radius 2 is 1.94 bits per heavy atom. The number of rotatable bonds is 11. The van der Waals surface area contributed by atoms with E-state index in [9.17, 15) is 14.7 Å². The van der Waals surface area contributed by atoms with E-state index in [1.54, 1.807) is 7.11 Å². The van der Waals surface area contributed by atoms with Gasteiger partial charge in [-0.1, -0.05) is 72.9 Å². The lowest BCUT2D eigenvalue weighted by Gasteiger charge is -2.37. The highest BCUT2D eigenvalue weighted by Crippen LogP contribution is 2.59. The molecule has 262 valence electrons. The van der Waals surface area contributed by atoms with E-state index in [4.69, 9.17) is 9.47 Å². The Bertz CT molecular complexity index is 1840. The molecule has 7 rings (SSSR count). The van der Waals surface area contributed by atoms with Crippen LogP contribution >= 0.6 is 0 Å².